The average Bonchev–Trinajstić information content (AvgIpc) is 2.08. The Hall–Kier alpha value is -0.289. The predicted octanol–water partition coefficient (Wildman–Crippen LogP) is 1.72. The van der Waals surface area contributed by atoms with Crippen LogP contribution in [0.5, 0.6) is 5.75 Å². The van der Waals surface area contributed by atoms with Crippen LogP contribution in [0.15, 0.2) is 29.8 Å². The Labute approximate surface area is 122 Å². The third-order valence-corrected chi connectivity index (χ3v) is 1.61. The zero-order valence-electron chi connectivity index (χ0n) is 9.90. The third kappa shape index (κ3) is 4.28. The van der Waals surface area contributed by atoms with E-state index in [0.29, 0.717) is 0 Å². The second-order valence-corrected chi connectivity index (χ2v) is 2.72. The first-order valence-corrected chi connectivity index (χ1v) is 3.80. The van der Waals surface area contributed by atoms with E-state index >= 15 is 0 Å². The van der Waals surface area contributed by atoms with Crippen LogP contribution >= 0.6 is 0 Å². The van der Waals surface area contributed by atoms with Crippen LogP contribution in [-0.2, 0) is 4.79 Å². The molecule has 0 radical (unpaired) electrons. The van der Waals surface area contributed by atoms with Crippen LogP contribution in [0.2, 0.25) is 0 Å². The summed E-state index contributed by atoms with van der Waals surface area (Å²) in [5, 5.41) is 17.5. The molecule has 1 rings (SSSR count). The Morgan fingerprint density at radius 1 is 1.36 bits per heavy atom. The van der Waals surface area contributed by atoms with Gasteiger partial charge >= 0.3 is 51.5 Å². The van der Waals surface area contributed by atoms with Crippen molar-refractivity contribution >= 4 is 57.5 Å². The molecule has 0 aliphatic carbocycles. The molecule has 0 saturated carbocycles. The van der Waals surface area contributed by atoms with Gasteiger partial charge in [-0.3, -0.25) is 0 Å². The minimum atomic E-state index is -0.937. The van der Waals surface area contributed by atoms with Gasteiger partial charge in [0.15, 0.2) is 0 Å². The van der Waals surface area contributed by atoms with Crippen molar-refractivity contribution in [1.82, 2.24) is 0 Å². The fourth-order valence-corrected chi connectivity index (χ4v) is 0.882. The normalized spacial score (nSPS) is 10.5. The number of phenols is 1. The van der Waals surface area contributed by atoms with Gasteiger partial charge in [-0.05, 0) is 30.7 Å². The van der Waals surface area contributed by atoms with E-state index in [2.05, 4.69) is 0 Å². The van der Waals surface area contributed by atoms with Crippen LogP contribution in [0, 0.1) is 0 Å². The van der Waals surface area contributed by atoms with E-state index in [-0.39, 0.29) is 59.7 Å². The molecule has 0 aliphatic heterocycles. The van der Waals surface area contributed by atoms with Gasteiger partial charge in [-0.15, -0.1) is 0 Å². The van der Waals surface area contributed by atoms with Gasteiger partial charge in [0.05, 0.1) is 0 Å². The molecule has 0 bridgehead atoms. The first-order valence-electron chi connectivity index (χ1n) is 3.80. The molecule has 0 heterocycles. The second kappa shape index (κ2) is 6.24. The van der Waals surface area contributed by atoms with Crippen molar-refractivity contribution in [2.75, 3.05) is 0 Å². The van der Waals surface area contributed by atoms with Gasteiger partial charge in [-0.1, -0.05) is 12.1 Å². The fraction of sp³-hybridized carbons (Fsp3) is 0.100. The Kier molecular flexibility index (Phi) is 6.11. The van der Waals surface area contributed by atoms with Gasteiger partial charge in [-0.25, -0.2) is 4.79 Å². The Morgan fingerprint density at radius 3 is 2.29 bits per heavy atom. The molecule has 2 N–H and O–H groups in total. The summed E-state index contributed by atoms with van der Waals surface area (Å²) in [7, 11) is 0. The van der Waals surface area contributed by atoms with E-state index in [1.54, 1.807) is 18.2 Å². The molecule has 4 heteroatoms. The molecular weight excluding hydrogens is 256 g/mol. The van der Waals surface area contributed by atoms with Gasteiger partial charge in [0.1, 0.15) is 5.75 Å². The molecule has 0 unspecified atom stereocenters. The van der Waals surface area contributed by atoms with Crippen LogP contribution in [0.4, 0.5) is 0 Å². The first kappa shape index (κ1) is 13.7. The van der Waals surface area contributed by atoms with E-state index < -0.39 is 5.97 Å². The monoisotopic (exact) mass is 268 g/mol. The first-order chi connectivity index (χ1) is 6.09. The smallest absolute Gasteiger partial charge is 1.00 e. The largest absolute Gasteiger partial charge is 2.00 e. The van der Waals surface area contributed by atoms with Gasteiger partial charge in [0.2, 0.25) is 0 Å². The SMILES string of the molecule is CC(=Cc1ccc(O)cc1)C(=O)O.[H-].[H-].[Sr+2]. The van der Waals surface area contributed by atoms with Crippen molar-refractivity contribution in [2.24, 2.45) is 0 Å². The van der Waals surface area contributed by atoms with E-state index in [1.807, 2.05) is 0 Å². The average molecular weight is 268 g/mol. The zero-order chi connectivity index (χ0) is 9.84. The Bertz CT molecular complexity index is 350. The number of carboxylic acid groups (broad SMARTS) is 1. The molecule has 14 heavy (non-hydrogen) atoms. The number of rotatable bonds is 2. The number of aromatic hydroxyl groups is 1. The van der Waals surface area contributed by atoms with E-state index in [0.717, 1.165) is 5.56 Å². The minimum Gasteiger partial charge on any atom is -1.00 e. The molecule has 0 atom stereocenters. The molecule has 1 aromatic rings. The summed E-state index contributed by atoms with van der Waals surface area (Å²) in [4.78, 5) is 10.5. The maximum Gasteiger partial charge on any atom is 2.00 e. The maximum atomic E-state index is 10.5. The molecule has 0 fully saturated rings. The molecule has 0 aromatic heterocycles. The number of carbonyl (C=O) groups is 1. The molecule has 0 amide bonds. The molecule has 1 aromatic carbocycles. The van der Waals surface area contributed by atoms with Crippen molar-refractivity contribution in [3.63, 3.8) is 0 Å². The van der Waals surface area contributed by atoms with E-state index in [4.69, 9.17) is 10.2 Å². The van der Waals surface area contributed by atoms with Crippen LogP contribution < -0.4 is 0 Å². The summed E-state index contributed by atoms with van der Waals surface area (Å²) in [6, 6.07) is 6.34. The van der Waals surface area contributed by atoms with E-state index in [9.17, 15) is 4.79 Å². The number of hydrogen-bond donors (Lipinski definition) is 2. The van der Waals surface area contributed by atoms with Crippen LogP contribution in [0.25, 0.3) is 6.08 Å². The van der Waals surface area contributed by atoms with Gasteiger partial charge in [-0.2, -0.15) is 0 Å². The van der Waals surface area contributed by atoms with Crippen molar-refractivity contribution in [2.45, 2.75) is 6.92 Å². The summed E-state index contributed by atoms with van der Waals surface area (Å²) in [6.45, 7) is 1.52. The summed E-state index contributed by atoms with van der Waals surface area (Å²) >= 11 is 0. The molecule has 0 aliphatic rings. The fourth-order valence-electron chi connectivity index (χ4n) is 0.882. The Balaban J connectivity index is -0.000000563. The number of aliphatic carboxylic acids is 1. The maximum absolute atomic E-state index is 10.5. The standard InChI is InChI=1S/C10H10O3.Sr.2H/c1-7(10(12)13)6-8-2-4-9(11)5-3-8;;;/h2-6,11H,1H3,(H,12,13);;;/q;+2;2*-1. The zero-order valence-corrected chi connectivity index (χ0v) is 11.4. The molecule has 0 spiro atoms. The van der Waals surface area contributed by atoms with Gasteiger partial charge < -0.3 is 13.1 Å². The number of carboxylic acids is 1. The summed E-state index contributed by atoms with van der Waals surface area (Å²) < 4.78 is 0. The van der Waals surface area contributed by atoms with Gasteiger partial charge in [0.25, 0.3) is 0 Å². The van der Waals surface area contributed by atoms with Crippen LogP contribution in [0.3, 0.4) is 0 Å². The summed E-state index contributed by atoms with van der Waals surface area (Å²) in [6.07, 6.45) is 1.54. The molecule has 0 saturated heterocycles. The summed E-state index contributed by atoms with van der Waals surface area (Å²) in [5.74, 6) is -0.766. The summed E-state index contributed by atoms with van der Waals surface area (Å²) in [5.41, 5.74) is 1.03. The number of benzene rings is 1. The van der Waals surface area contributed by atoms with Crippen molar-refractivity contribution in [1.29, 1.82) is 0 Å². The van der Waals surface area contributed by atoms with Crippen molar-refractivity contribution in [3.05, 3.63) is 35.4 Å². The predicted molar refractivity (Wildman–Crippen MR) is 57.4 cm³/mol. The van der Waals surface area contributed by atoms with E-state index in [1.165, 1.54) is 19.1 Å². The third-order valence-electron chi connectivity index (χ3n) is 1.61. The number of hydrogen-bond acceptors (Lipinski definition) is 2. The topological polar surface area (TPSA) is 57.5 Å². The molecule has 72 valence electrons. The van der Waals surface area contributed by atoms with Crippen molar-refractivity contribution in [3.8, 4) is 5.75 Å². The molecule has 3 nitrogen and oxygen atoms in total. The van der Waals surface area contributed by atoms with Crippen LogP contribution in [-0.4, -0.2) is 61.7 Å². The minimum absolute atomic E-state index is 0. The van der Waals surface area contributed by atoms with Crippen LogP contribution in [0.1, 0.15) is 15.3 Å². The quantitative estimate of drug-likeness (QED) is 0.634. The molecular formula is C10H12O3Sr. The van der Waals surface area contributed by atoms with Gasteiger partial charge in [0, 0.05) is 5.57 Å². The second-order valence-electron chi connectivity index (χ2n) is 2.72. The Morgan fingerprint density at radius 2 is 1.86 bits per heavy atom. The number of phenolic OH excluding ortho intramolecular Hbond substituents is 1. The van der Waals surface area contributed by atoms with Crippen molar-refractivity contribution < 1.29 is 17.9 Å².